The maximum atomic E-state index is 12.5. The second kappa shape index (κ2) is 9.38. The molecule has 2 aromatic heterocycles. The van der Waals surface area contributed by atoms with Gasteiger partial charge < -0.3 is 15.0 Å². The van der Waals surface area contributed by atoms with Crippen LogP contribution in [0.1, 0.15) is 25.6 Å². The summed E-state index contributed by atoms with van der Waals surface area (Å²) in [5, 5.41) is 3.15. The number of nitrogens with one attached hydrogen (secondary N) is 1. The lowest BCUT2D eigenvalue weighted by Gasteiger charge is -2.34. The van der Waals surface area contributed by atoms with E-state index >= 15 is 0 Å². The lowest BCUT2D eigenvalue weighted by Crippen LogP contribution is -2.46. The first-order valence-corrected chi connectivity index (χ1v) is 9.30. The largest absolute Gasteiger partial charge is 0.368 e. The van der Waals surface area contributed by atoms with Crippen LogP contribution in [0.15, 0.2) is 36.9 Å². The zero-order valence-corrected chi connectivity index (χ0v) is 15.8. The maximum absolute atomic E-state index is 12.5. The molecule has 0 spiro atoms. The Labute approximate surface area is 159 Å². The number of morpholine rings is 1. The number of pyridine rings is 1. The molecule has 0 aromatic carbocycles. The fourth-order valence-electron chi connectivity index (χ4n) is 2.97. The maximum Gasteiger partial charge on any atom is 0.236 e. The van der Waals surface area contributed by atoms with E-state index in [4.69, 9.17) is 4.74 Å². The minimum absolute atomic E-state index is 0.146. The molecule has 1 N–H and O–H groups in total. The van der Waals surface area contributed by atoms with Crippen LogP contribution in [-0.2, 0) is 9.53 Å². The molecule has 1 atom stereocenters. The highest BCUT2D eigenvalue weighted by Gasteiger charge is 2.26. The molecule has 1 aliphatic heterocycles. The molecular formula is C19H26N6O2. The summed E-state index contributed by atoms with van der Waals surface area (Å²) >= 11 is 0. The monoisotopic (exact) mass is 370 g/mol. The van der Waals surface area contributed by atoms with E-state index in [2.05, 4.69) is 39.0 Å². The van der Waals surface area contributed by atoms with Gasteiger partial charge in [-0.1, -0.05) is 13.8 Å². The van der Waals surface area contributed by atoms with E-state index in [0.29, 0.717) is 32.1 Å². The van der Waals surface area contributed by atoms with Crippen LogP contribution in [0.5, 0.6) is 0 Å². The molecule has 0 radical (unpaired) electrons. The van der Waals surface area contributed by atoms with Crippen LogP contribution in [0.3, 0.4) is 0 Å². The van der Waals surface area contributed by atoms with Crippen molar-refractivity contribution in [1.29, 1.82) is 0 Å². The van der Waals surface area contributed by atoms with Crippen LogP contribution in [-0.4, -0.2) is 70.0 Å². The lowest BCUT2D eigenvalue weighted by atomic mass is 10.1. The SMILES string of the molecule is CCN(CC)CC(=O)N1CCOC(c2ccc(Nc3cnccn3)cn2)C1. The number of hydrogen-bond acceptors (Lipinski definition) is 7. The van der Waals surface area contributed by atoms with Crippen molar-refractivity contribution in [2.45, 2.75) is 20.0 Å². The summed E-state index contributed by atoms with van der Waals surface area (Å²) in [6, 6.07) is 3.85. The van der Waals surface area contributed by atoms with Crippen molar-refractivity contribution < 1.29 is 9.53 Å². The van der Waals surface area contributed by atoms with Crippen molar-refractivity contribution in [3.63, 3.8) is 0 Å². The van der Waals surface area contributed by atoms with Crippen molar-refractivity contribution in [3.05, 3.63) is 42.6 Å². The van der Waals surface area contributed by atoms with Crippen molar-refractivity contribution >= 4 is 17.4 Å². The van der Waals surface area contributed by atoms with Crippen LogP contribution in [0, 0.1) is 0 Å². The van der Waals surface area contributed by atoms with Gasteiger partial charge in [0.2, 0.25) is 5.91 Å². The number of aromatic nitrogens is 3. The highest BCUT2D eigenvalue weighted by atomic mass is 16.5. The quantitative estimate of drug-likeness (QED) is 0.796. The Morgan fingerprint density at radius 3 is 2.78 bits per heavy atom. The summed E-state index contributed by atoms with van der Waals surface area (Å²) < 4.78 is 5.85. The van der Waals surface area contributed by atoms with Crippen LogP contribution >= 0.6 is 0 Å². The number of amides is 1. The second-order valence-electron chi connectivity index (χ2n) is 6.35. The number of carbonyl (C=O) groups excluding carboxylic acids is 1. The van der Waals surface area contributed by atoms with Crippen molar-refractivity contribution in [3.8, 4) is 0 Å². The number of likely N-dealkylation sites (N-methyl/N-ethyl adjacent to an activating group) is 1. The number of carbonyl (C=O) groups is 1. The number of ether oxygens (including phenoxy) is 1. The second-order valence-corrected chi connectivity index (χ2v) is 6.35. The van der Waals surface area contributed by atoms with Gasteiger partial charge in [0.25, 0.3) is 0 Å². The van der Waals surface area contributed by atoms with Gasteiger partial charge in [-0.05, 0) is 25.2 Å². The van der Waals surface area contributed by atoms with Crippen LogP contribution in [0.2, 0.25) is 0 Å². The predicted molar refractivity (Wildman–Crippen MR) is 103 cm³/mol. The van der Waals surface area contributed by atoms with Crippen LogP contribution < -0.4 is 5.32 Å². The predicted octanol–water partition coefficient (Wildman–Crippen LogP) is 1.86. The standard InChI is InChI=1S/C19H26N6O2/c1-3-24(4-2)14-19(26)25-9-10-27-17(13-25)16-6-5-15(11-22-16)23-18-12-20-7-8-21-18/h5-8,11-12,17H,3-4,9-10,13-14H2,1-2H3,(H,21,23). The van der Waals surface area contributed by atoms with Crippen molar-refractivity contribution in [2.75, 3.05) is 44.6 Å². The highest BCUT2D eigenvalue weighted by molar-refractivity contribution is 5.78. The molecular weight excluding hydrogens is 344 g/mol. The zero-order chi connectivity index (χ0) is 19.1. The normalized spacial score (nSPS) is 17.1. The fourth-order valence-corrected chi connectivity index (χ4v) is 2.97. The van der Waals surface area contributed by atoms with Gasteiger partial charge in [-0.25, -0.2) is 4.98 Å². The third-order valence-corrected chi connectivity index (χ3v) is 4.62. The molecule has 1 amide bonds. The molecule has 27 heavy (non-hydrogen) atoms. The third kappa shape index (κ3) is 5.21. The third-order valence-electron chi connectivity index (χ3n) is 4.62. The fraction of sp³-hybridized carbons (Fsp3) is 0.474. The molecule has 1 unspecified atom stereocenters. The summed E-state index contributed by atoms with van der Waals surface area (Å²) in [4.78, 5) is 29.2. The Morgan fingerprint density at radius 2 is 2.11 bits per heavy atom. The smallest absolute Gasteiger partial charge is 0.236 e. The van der Waals surface area contributed by atoms with E-state index in [1.807, 2.05) is 17.0 Å². The van der Waals surface area contributed by atoms with Gasteiger partial charge in [0.1, 0.15) is 11.9 Å². The first-order valence-electron chi connectivity index (χ1n) is 9.30. The summed E-state index contributed by atoms with van der Waals surface area (Å²) in [6.45, 7) is 8.02. The molecule has 3 heterocycles. The summed E-state index contributed by atoms with van der Waals surface area (Å²) in [6.07, 6.45) is 6.44. The number of nitrogens with zero attached hydrogens (tertiary/aromatic N) is 5. The molecule has 0 bridgehead atoms. The number of anilines is 2. The van der Waals surface area contributed by atoms with Gasteiger partial charge in [-0.15, -0.1) is 0 Å². The van der Waals surface area contributed by atoms with Gasteiger partial charge in [-0.3, -0.25) is 19.7 Å². The Morgan fingerprint density at radius 1 is 1.26 bits per heavy atom. The molecule has 144 valence electrons. The number of rotatable bonds is 7. The van der Waals surface area contributed by atoms with E-state index in [0.717, 1.165) is 24.5 Å². The molecule has 8 heteroatoms. The summed E-state index contributed by atoms with van der Waals surface area (Å²) in [5.41, 5.74) is 1.64. The average molecular weight is 370 g/mol. The Balaban J connectivity index is 1.60. The molecule has 1 saturated heterocycles. The van der Waals surface area contributed by atoms with Crippen LogP contribution in [0.25, 0.3) is 0 Å². The molecule has 1 aliphatic rings. The van der Waals surface area contributed by atoms with E-state index in [1.54, 1.807) is 24.8 Å². The molecule has 0 aliphatic carbocycles. The van der Waals surface area contributed by atoms with Crippen LogP contribution in [0.4, 0.5) is 11.5 Å². The minimum Gasteiger partial charge on any atom is -0.368 e. The van der Waals surface area contributed by atoms with Crippen molar-refractivity contribution in [1.82, 2.24) is 24.8 Å². The Kier molecular flexibility index (Phi) is 6.67. The van der Waals surface area contributed by atoms with Gasteiger partial charge in [0.15, 0.2) is 0 Å². The first-order chi connectivity index (χ1) is 13.2. The van der Waals surface area contributed by atoms with Gasteiger partial charge in [-0.2, -0.15) is 0 Å². The Bertz CT molecular complexity index is 721. The minimum atomic E-state index is -0.204. The summed E-state index contributed by atoms with van der Waals surface area (Å²) in [7, 11) is 0. The highest BCUT2D eigenvalue weighted by Crippen LogP contribution is 2.22. The first kappa shape index (κ1) is 19.2. The number of hydrogen-bond donors (Lipinski definition) is 1. The zero-order valence-electron chi connectivity index (χ0n) is 15.8. The Hall–Kier alpha value is -2.58. The lowest BCUT2D eigenvalue weighted by molar-refractivity contribution is -0.140. The average Bonchev–Trinajstić information content (AvgIpc) is 2.73. The summed E-state index contributed by atoms with van der Waals surface area (Å²) in [5.74, 6) is 0.807. The molecule has 8 nitrogen and oxygen atoms in total. The van der Waals surface area contributed by atoms with Crippen molar-refractivity contribution in [2.24, 2.45) is 0 Å². The molecule has 1 fully saturated rings. The van der Waals surface area contributed by atoms with E-state index in [-0.39, 0.29) is 12.0 Å². The molecule has 0 saturated carbocycles. The topological polar surface area (TPSA) is 83.5 Å². The van der Waals surface area contributed by atoms with Gasteiger partial charge >= 0.3 is 0 Å². The molecule has 3 rings (SSSR count). The van der Waals surface area contributed by atoms with E-state index in [1.165, 1.54) is 0 Å². The van der Waals surface area contributed by atoms with E-state index < -0.39 is 0 Å². The molecule has 2 aromatic rings. The van der Waals surface area contributed by atoms with Gasteiger partial charge in [0.05, 0.1) is 43.5 Å². The van der Waals surface area contributed by atoms with E-state index in [9.17, 15) is 4.79 Å². The van der Waals surface area contributed by atoms with Gasteiger partial charge in [0, 0.05) is 18.9 Å².